The van der Waals surface area contributed by atoms with Crippen LogP contribution in [0.1, 0.15) is 36.6 Å². The SMILES string of the molecule is Cc1ccc(C)c(N(C(C)C(=O)NC(C)c2ccc3c(c2)OCCO3)S(C)(=O)=O)c1. The molecule has 1 N–H and O–H groups in total. The first-order valence-electron chi connectivity index (χ1n) is 9.84. The zero-order valence-electron chi connectivity index (χ0n) is 17.9. The lowest BCUT2D eigenvalue weighted by atomic mass is 10.1. The molecule has 1 aliphatic rings. The highest BCUT2D eigenvalue weighted by Gasteiger charge is 2.31. The number of anilines is 1. The summed E-state index contributed by atoms with van der Waals surface area (Å²) in [7, 11) is -3.68. The average molecular weight is 433 g/mol. The Morgan fingerprint density at radius 1 is 1.03 bits per heavy atom. The number of nitrogens with one attached hydrogen (secondary N) is 1. The summed E-state index contributed by atoms with van der Waals surface area (Å²) in [6.45, 7) is 8.14. The second kappa shape index (κ2) is 8.55. The zero-order chi connectivity index (χ0) is 22.1. The Morgan fingerprint density at radius 2 is 1.70 bits per heavy atom. The van der Waals surface area contributed by atoms with Crippen molar-refractivity contribution in [1.82, 2.24) is 5.32 Å². The van der Waals surface area contributed by atoms with Gasteiger partial charge in [-0.1, -0.05) is 18.2 Å². The molecule has 2 unspecified atom stereocenters. The Labute approximate surface area is 178 Å². The van der Waals surface area contributed by atoms with E-state index in [1.807, 2.05) is 51.1 Å². The maximum absolute atomic E-state index is 13.0. The molecule has 1 amide bonds. The molecule has 1 heterocycles. The van der Waals surface area contributed by atoms with Crippen LogP contribution in [0.4, 0.5) is 5.69 Å². The molecule has 0 saturated heterocycles. The van der Waals surface area contributed by atoms with Crippen molar-refractivity contribution in [3.8, 4) is 11.5 Å². The van der Waals surface area contributed by atoms with Gasteiger partial charge in [-0.3, -0.25) is 9.10 Å². The number of nitrogens with zero attached hydrogens (tertiary/aromatic N) is 1. The van der Waals surface area contributed by atoms with E-state index in [1.165, 1.54) is 4.31 Å². The Bertz CT molecular complexity index is 1050. The number of sulfonamides is 1. The van der Waals surface area contributed by atoms with E-state index in [1.54, 1.807) is 13.0 Å². The van der Waals surface area contributed by atoms with Gasteiger partial charge in [0.1, 0.15) is 19.3 Å². The maximum atomic E-state index is 13.0. The van der Waals surface area contributed by atoms with Crippen LogP contribution in [0.3, 0.4) is 0 Å². The predicted octanol–water partition coefficient (Wildman–Crippen LogP) is 3.11. The Morgan fingerprint density at radius 3 is 2.37 bits per heavy atom. The Balaban J connectivity index is 1.83. The van der Waals surface area contributed by atoms with E-state index in [0.717, 1.165) is 22.9 Å². The number of benzene rings is 2. The van der Waals surface area contributed by atoms with E-state index in [-0.39, 0.29) is 11.9 Å². The van der Waals surface area contributed by atoms with E-state index in [2.05, 4.69) is 5.32 Å². The van der Waals surface area contributed by atoms with Gasteiger partial charge in [0.05, 0.1) is 18.0 Å². The summed E-state index contributed by atoms with van der Waals surface area (Å²) >= 11 is 0. The summed E-state index contributed by atoms with van der Waals surface area (Å²) in [4.78, 5) is 13.0. The van der Waals surface area contributed by atoms with Gasteiger partial charge in [0.25, 0.3) is 0 Å². The third-order valence-electron chi connectivity index (χ3n) is 5.12. The largest absolute Gasteiger partial charge is 0.486 e. The van der Waals surface area contributed by atoms with Crippen LogP contribution in [-0.2, 0) is 14.8 Å². The summed E-state index contributed by atoms with van der Waals surface area (Å²) in [5, 5.41) is 2.92. The molecule has 0 saturated carbocycles. The fraction of sp³-hybridized carbons (Fsp3) is 0.409. The quantitative estimate of drug-likeness (QED) is 0.758. The number of hydrogen-bond donors (Lipinski definition) is 1. The molecule has 0 aromatic heterocycles. The van der Waals surface area contributed by atoms with Gasteiger partial charge in [0, 0.05) is 0 Å². The van der Waals surface area contributed by atoms with Gasteiger partial charge in [0.2, 0.25) is 15.9 Å². The number of hydrogen-bond acceptors (Lipinski definition) is 5. The van der Waals surface area contributed by atoms with Crippen molar-refractivity contribution < 1.29 is 22.7 Å². The fourth-order valence-corrected chi connectivity index (χ4v) is 4.71. The topological polar surface area (TPSA) is 84.9 Å². The van der Waals surface area contributed by atoms with Gasteiger partial charge in [-0.05, 0) is 62.6 Å². The van der Waals surface area contributed by atoms with Crippen molar-refractivity contribution in [2.75, 3.05) is 23.8 Å². The number of carbonyl (C=O) groups is 1. The molecular weight excluding hydrogens is 404 g/mol. The van der Waals surface area contributed by atoms with Gasteiger partial charge in [-0.25, -0.2) is 8.42 Å². The number of amides is 1. The van der Waals surface area contributed by atoms with Crippen LogP contribution in [0.2, 0.25) is 0 Å². The normalized spacial score (nSPS) is 15.2. The number of fused-ring (bicyclic) bond motifs is 1. The molecule has 8 heteroatoms. The van der Waals surface area contributed by atoms with Crippen molar-refractivity contribution in [2.24, 2.45) is 0 Å². The molecule has 2 aromatic rings. The maximum Gasteiger partial charge on any atom is 0.244 e. The van der Waals surface area contributed by atoms with Crippen LogP contribution >= 0.6 is 0 Å². The fourth-order valence-electron chi connectivity index (χ4n) is 3.48. The van der Waals surface area contributed by atoms with Crippen molar-refractivity contribution in [3.63, 3.8) is 0 Å². The summed E-state index contributed by atoms with van der Waals surface area (Å²) in [6, 6.07) is 9.81. The molecule has 3 rings (SSSR count). The molecule has 0 bridgehead atoms. The monoisotopic (exact) mass is 432 g/mol. The highest BCUT2D eigenvalue weighted by Crippen LogP contribution is 2.33. The van der Waals surface area contributed by atoms with Gasteiger partial charge in [-0.2, -0.15) is 0 Å². The number of aryl methyl sites for hydroxylation is 2. The lowest BCUT2D eigenvalue weighted by Gasteiger charge is -2.30. The minimum atomic E-state index is -3.68. The first-order valence-corrected chi connectivity index (χ1v) is 11.7. The molecule has 30 heavy (non-hydrogen) atoms. The molecule has 1 aliphatic heterocycles. The summed E-state index contributed by atoms with van der Waals surface area (Å²) in [5.41, 5.74) is 3.05. The number of carbonyl (C=O) groups excluding carboxylic acids is 1. The van der Waals surface area contributed by atoms with Crippen molar-refractivity contribution in [2.45, 2.75) is 39.8 Å². The Kier molecular flexibility index (Phi) is 6.26. The third kappa shape index (κ3) is 4.70. The predicted molar refractivity (Wildman–Crippen MR) is 117 cm³/mol. The van der Waals surface area contributed by atoms with Gasteiger partial charge < -0.3 is 14.8 Å². The lowest BCUT2D eigenvalue weighted by molar-refractivity contribution is -0.122. The van der Waals surface area contributed by atoms with Crippen LogP contribution < -0.4 is 19.1 Å². The van der Waals surface area contributed by atoms with Crippen molar-refractivity contribution in [1.29, 1.82) is 0 Å². The van der Waals surface area contributed by atoms with Gasteiger partial charge in [-0.15, -0.1) is 0 Å². The van der Waals surface area contributed by atoms with Crippen LogP contribution in [0.5, 0.6) is 11.5 Å². The molecule has 7 nitrogen and oxygen atoms in total. The van der Waals surface area contributed by atoms with E-state index < -0.39 is 16.1 Å². The highest BCUT2D eigenvalue weighted by atomic mass is 32.2. The summed E-state index contributed by atoms with van der Waals surface area (Å²) in [6.07, 6.45) is 1.11. The lowest BCUT2D eigenvalue weighted by Crippen LogP contribution is -2.48. The molecule has 162 valence electrons. The van der Waals surface area contributed by atoms with Crippen molar-refractivity contribution in [3.05, 3.63) is 53.1 Å². The first kappa shape index (κ1) is 22.0. The zero-order valence-corrected chi connectivity index (χ0v) is 18.7. The second-order valence-electron chi connectivity index (χ2n) is 7.66. The summed E-state index contributed by atoms with van der Waals surface area (Å²) in [5.74, 6) is 0.930. The molecule has 0 fully saturated rings. The van der Waals surface area contributed by atoms with Crippen LogP contribution in [0.25, 0.3) is 0 Å². The Hall–Kier alpha value is -2.74. The van der Waals surface area contributed by atoms with E-state index in [0.29, 0.717) is 30.4 Å². The smallest absolute Gasteiger partial charge is 0.244 e. The molecule has 2 atom stereocenters. The van der Waals surface area contributed by atoms with Gasteiger partial charge in [0.15, 0.2) is 11.5 Å². The molecule has 0 spiro atoms. The minimum Gasteiger partial charge on any atom is -0.486 e. The first-order chi connectivity index (χ1) is 14.1. The van der Waals surface area contributed by atoms with E-state index >= 15 is 0 Å². The van der Waals surface area contributed by atoms with Crippen LogP contribution in [0, 0.1) is 13.8 Å². The molecule has 0 aliphatic carbocycles. The molecular formula is C22H28N2O5S. The van der Waals surface area contributed by atoms with Gasteiger partial charge >= 0.3 is 0 Å². The highest BCUT2D eigenvalue weighted by molar-refractivity contribution is 7.92. The summed E-state index contributed by atoms with van der Waals surface area (Å²) < 4.78 is 37.5. The minimum absolute atomic E-state index is 0.337. The van der Waals surface area contributed by atoms with Crippen molar-refractivity contribution >= 4 is 21.6 Å². The van der Waals surface area contributed by atoms with E-state index in [4.69, 9.17) is 9.47 Å². The van der Waals surface area contributed by atoms with E-state index in [9.17, 15) is 13.2 Å². The average Bonchev–Trinajstić information content (AvgIpc) is 2.69. The van der Waals surface area contributed by atoms with Crippen LogP contribution in [-0.4, -0.2) is 39.8 Å². The third-order valence-corrected chi connectivity index (χ3v) is 6.34. The van der Waals surface area contributed by atoms with Crippen LogP contribution in [0.15, 0.2) is 36.4 Å². The molecule has 2 aromatic carbocycles. The standard InChI is InChI=1S/C22H28N2O5S/c1-14-6-7-15(2)19(12-14)24(30(5,26)27)17(4)22(25)23-16(3)18-8-9-20-21(13-18)29-11-10-28-20/h6-9,12-13,16-17H,10-11H2,1-5H3,(H,23,25). The molecule has 0 radical (unpaired) electrons. The second-order valence-corrected chi connectivity index (χ2v) is 9.52. The number of rotatable bonds is 6. The number of ether oxygens (including phenoxy) is 2.